The molecule has 0 bridgehead atoms. The summed E-state index contributed by atoms with van der Waals surface area (Å²) >= 11 is 6.11. The number of nitrogens with zero attached hydrogens (tertiary/aromatic N) is 3. The van der Waals surface area contributed by atoms with E-state index >= 15 is 0 Å². The van der Waals surface area contributed by atoms with Crippen molar-refractivity contribution in [3.05, 3.63) is 95.0 Å². The van der Waals surface area contributed by atoms with E-state index in [9.17, 15) is 14.7 Å². The highest BCUT2D eigenvalue weighted by molar-refractivity contribution is 6.30. The molecule has 4 rings (SSSR count). The maximum absolute atomic E-state index is 13.1. The SMILES string of the molecule is O=C(O)[C@H](CCc1ccccc1)N[C@@H](Cc1ccc(-c2cccc(Cl)c2)cc1)C(=O)Nc1nnn[nH]1. The Morgan fingerprint density at radius 2 is 1.69 bits per heavy atom. The van der Waals surface area contributed by atoms with Gasteiger partial charge in [-0.2, -0.15) is 0 Å². The third-order valence-corrected chi connectivity index (χ3v) is 5.96. The molecule has 3 aromatic carbocycles. The number of aromatic nitrogens is 4. The Labute approximate surface area is 212 Å². The number of aliphatic carboxylic acids is 1. The molecule has 0 saturated carbocycles. The summed E-state index contributed by atoms with van der Waals surface area (Å²) in [6.45, 7) is 0. The highest BCUT2D eigenvalue weighted by Gasteiger charge is 2.27. The minimum absolute atomic E-state index is 0.0827. The number of carboxylic acids is 1. The Morgan fingerprint density at radius 1 is 0.917 bits per heavy atom. The van der Waals surface area contributed by atoms with Crippen LogP contribution in [0.4, 0.5) is 5.95 Å². The van der Waals surface area contributed by atoms with Crippen molar-refractivity contribution in [1.29, 1.82) is 0 Å². The quantitative estimate of drug-likeness (QED) is 0.244. The Hall–Kier alpha value is -4.08. The second kappa shape index (κ2) is 12.1. The number of benzene rings is 3. The van der Waals surface area contributed by atoms with Crippen molar-refractivity contribution in [3.8, 4) is 11.1 Å². The minimum Gasteiger partial charge on any atom is -0.480 e. The second-order valence-corrected chi connectivity index (χ2v) is 8.72. The van der Waals surface area contributed by atoms with Crippen LogP contribution in [-0.4, -0.2) is 49.7 Å². The second-order valence-electron chi connectivity index (χ2n) is 8.28. The van der Waals surface area contributed by atoms with Gasteiger partial charge in [0.15, 0.2) is 0 Å². The molecule has 1 aromatic heterocycles. The number of aromatic amines is 1. The van der Waals surface area contributed by atoms with Gasteiger partial charge in [-0.15, -0.1) is 0 Å². The normalized spacial score (nSPS) is 12.6. The summed E-state index contributed by atoms with van der Waals surface area (Å²) in [6.07, 6.45) is 1.14. The molecular formula is C26H25ClN6O3. The van der Waals surface area contributed by atoms with Crippen molar-refractivity contribution in [3.63, 3.8) is 0 Å². The van der Waals surface area contributed by atoms with Gasteiger partial charge in [-0.05, 0) is 64.1 Å². The van der Waals surface area contributed by atoms with Crippen LogP contribution in [0.3, 0.4) is 0 Å². The largest absolute Gasteiger partial charge is 0.480 e. The van der Waals surface area contributed by atoms with Crippen molar-refractivity contribution in [1.82, 2.24) is 25.9 Å². The first-order valence-electron chi connectivity index (χ1n) is 11.4. The summed E-state index contributed by atoms with van der Waals surface area (Å²) < 4.78 is 0. The minimum atomic E-state index is -1.03. The molecule has 0 spiro atoms. The first kappa shape index (κ1) is 25.0. The number of aryl methyl sites for hydroxylation is 1. The number of hydrogen-bond donors (Lipinski definition) is 4. The first-order valence-corrected chi connectivity index (χ1v) is 11.8. The number of rotatable bonds is 11. The van der Waals surface area contributed by atoms with Gasteiger partial charge in [-0.1, -0.05) is 83.4 Å². The molecular weight excluding hydrogens is 480 g/mol. The first-order chi connectivity index (χ1) is 17.5. The number of anilines is 1. The van der Waals surface area contributed by atoms with Crippen LogP contribution in [0.1, 0.15) is 17.5 Å². The number of carbonyl (C=O) groups excluding carboxylic acids is 1. The van der Waals surface area contributed by atoms with Gasteiger partial charge in [0.05, 0.1) is 6.04 Å². The van der Waals surface area contributed by atoms with Crippen molar-refractivity contribution in [2.75, 3.05) is 5.32 Å². The fourth-order valence-corrected chi connectivity index (χ4v) is 4.05. The predicted octanol–water partition coefficient (Wildman–Crippen LogP) is 3.75. The van der Waals surface area contributed by atoms with Crippen LogP contribution in [0.25, 0.3) is 11.1 Å². The molecule has 0 aliphatic rings. The molecule has 2 atom stereocenters. The number of carbonyl (C=O) groups is 2. The number of H-pyrrole nitrogens is 1. The summed E-state index contributed by atoms with van der Waals surface area (Å²) in [5, 5.41) is 29.2. The van der Waals surface area contributed by atoms with Crippen LogP contribution in [0, 0.1) is 0 Å². The van der Waals surface area contributed by atoms with Crippen molar-refractivity contribution >= 4 is 29.4 Å². The molecule has 0 saturated heterocycles. The maximum Gasteiger partial charge on any atom is 0.320 e. The third kappa shape index (κ3) is 6.97. The molecule has 36 heavy (non-hydrogen) atoms. The molecule has 0 unspecified atom stereocenters. The van der Waals surface area contributed by atoms with Crippen molar-refractivity contribution < 1.29 is 14.7 Å². The lowest BCUT2D eigenvalue weighted by molar-refractivity contribution is -0.140. The molecule has 1 amide bonds. The number of halogens is 1. The van der Waals surface area contributed by atoms with Crippen molar-refractivity contribution in [2.45, 2.75) is 31.3 Å². The van der Waals surface area contributed by atoms with E-state index in [2.05, 4.69) is 31.3 Å². The Morgan fingerprint density at radius 3 is 2.36 bits per heavy atom. The van der Waals surface area contributed by atoms with Crippen LogP contribution in [-0.2, 0) is 22.4 Å². The number of nitrogens with one attached hydrogen (secondary N) is 3. The number of carboxylic acid groups (broad SMARTS) is 1. The Bertz CT molecular complexity index is 1280. The highest BCUT2D eigenvalue weighted by atomic mass is 35.5. The summed E-state index contributed by atoms with van der Waals surface area (Å²) in [7, 11) is 0. The molecule has 0 fully saturated rings. The van der Waals surface area contributed by atoms with Gasteiger partial charge >= 0.3 is 5.97 Å². The van der Waals surface area contributed by atoms with E-state index in [4.69, 9.17) is 11.6 Å². The maximum atomic E-state index is 13.1. The summed E-state index contributed by atoms with van der Waals surface area (Å²) in [5.41, 5.74) is 3.84. The molecule has 4 aromatic rings. The zero-order valence-corrected chi connectivity index (χ0v) is 20.0. The zero-order chi connectivity index (χ0) is 25.3. The third-order valence-electron chi connectivity index (χ3n) is 5.72. The van der Waals surface area contributed by atoms with E-state index in [-0.39, 0.29) is 12.4 Å². The standard InChI is InChI=1S/C26H25ClN6O3/c27-21-8-4-7-20(16-21)19-12-9-18(10-13-19)15-23(24(34)29-26-30-32-33-31-26)28-22(25(35)36)14-11-17-5-2-1-3-6-17/h1-10,12-13,16,22-23,28H,11,14-15H2,(H,35,36)(H2,29,30,31,32,33,34)/t22-,23-/m0/s1. The molecule has 0 aliphatic carbocycles. The number of amides is 1. The predicted molar refractivity (Wildman–Crippen MR) is 137 cm³/mol. The fraction of sp³-hybridized carbons (Fsp3) is 0.192. The van der Waals surface area contributed by atoms with Gasteiger partial charge in [0.25, 0.3) is 0 Å². The number of hydrogen-bond acceptors (Lipinski definition) is 6. The van der Waals surface area contributed by atoms with Crippen LogP contribution in [0.2, 0.25) is 5.02 Å². The molecule has 184 valence electrons. The van der Waals surface area contributed by atoms with E-state index in [1.165, 1.54) is 0 Å². The Balaban J connectivity index is 1.50. The molecule has 4 N–H and O–H groups in total. The lowest BCUT2D eigenvalue weighted by Crippen LogP contribution is -2.50. The lowest BCUT2D eigenvalue weighted by atomic mass is 9.99. The topological polar surface area (TPSA) is 133 Å². The van der Waals surface area contributed by atoms with Gasteiger partial charge < -0.3 is 5.11 Å². The van der Waals surface area contributed by atoms with E-state index in [0.717, 1.165) is 22.3 Å². The molecule has 10 heteroatoms. The average molecular weight is 505 g/mol. The van der Waals surface area contributed by atoms with E-state index in [1.807, 2.05) is 78.9 Å². The van der Waals surface area contributed by atoms with Crippen LogP contribution in [0.5, 0.6) is 0 Å². The Kier molecular flexibility index (Phi) is 8.38. The zero-order valence-electron chi connectivity index (χ0n) is 19.3. The van der Waals surface area contributed by atoms with Crippen molar-refractivity contribution in [2.24, 2.45) is 0 Å². The fourth-order valence-electron chi connectivity index (χ4n) is 3.86. The number of tetrazole rings is 1. The lowest BCUT2D eigenvalue weighted by Gasteiger charge is -2.23. The highest BCUT2D eigenvalue weighted by Crippen LogP contribution is 2.23. The van der Waals surface area contributed by atoms with E-state index < -0.39 is 24.0 Å². The van der Waals surface area contributed by atoms with Gasteiger partial charge in [-0.25, -0.2) is 5.10 Å². The summed E-state index contributed by atoms with van der Waals surface area (Å²) in [4.78, 5) is 25.1. The van der Waals surface area contributed by atoms with Crippen LogP contribution in [0.15, 0.2) is 78.9 Å². The molecule has 0 radical (unpaired) electrons. The summed E-state index contributed by atoms with van der Waals surface area (Å²) in [6, 6.07) is 23.1. The van der Waals surface area contributed by atoms with Gasteiger partial charge in [0, 0.05) is 5.02 Å². The average Bonchev–Trinajstić information content (AvgIpc) is 3.39. The monoisotopic (exact) mass is 504 g/mol. The van der Waals surface area contributed by atoms with E-state index in [1.54, 1.807) is 0 Å². The van der Waals surface area contributed by atoms with Crippen LogP contribution >= 0.6 is 11.6 Å². The molecule has 0 aliphatic heterocycles. The van der Waals surface area contributed by atoms with Crippen LogP contribution < -0.4 is 10.6 Å². The summed E-state index contributed by atoms with van der Waals surface area (Å²) in [5.74, 6) is -1.39. The smallest absolute Gasteiger partial charge is 0.320 e. The van der Waals surface area contributed by atoms with Gasteiger partial charge in [0.1, 0.15) is 6.04 Å². The van der Waals surface area contributed by atoms with E-state index in [0.29, 0.717) is 17.9 Å². The molecule has 9 nitrogen and oxygen atoms in total. The van der Waals surface area contributed by atoms with Gasteiger partial charge in [0.2, 0.25) is 11.9 Å². The van der Waals surface area contributed by atoms with Gasteiger partial charge in [-0.3, -0.25) is 20.2 Å². The molecule has 1 heterocycles.